The smallest absolute Gasteiger partial charge is 0.228 e. The van der Waals surface area contributed by atoms with E-state index in [4.69, 9.17) is 0 Å². The van der Waals surface area contributed by atoms with Gasteiger partial charge in [0.25, 0.3) is 0 Å². The summed E-state index contributed by atoms with van der Waals surface area (Å²) in [5.41, 5.74) is 0.289. The molecule has 1 aliphatic heterocycles. The molecule has 3 nitrogen and oxygen atoms in total. The van der Waals surface area contributed by atoms with Gasteiger partial charge in [-0.1, -0.05) is 25.1 Å². The molecule has 2 unspecified atom stereocenters. The van der Waals surface area contributed by atoms with Gasteiger partial charge in [0, 0.05) is 17.2 Å². The van der Waals surface area contributed by atoms with Crippen LogP contribution in [0.25, 0.3) is 0 Å². The minimum atomic E-state index is -0.819. The van der Waals surface area contributed by atoms with Crippen LogP contribution >= 0.6 is 11.8 Å². The first-order valence-electron chi connectivity index (χ1n) is 6.25. The van der Waals surface area contributed by atoms with Crippen molar-refractivity contribution in [3.63, 3.8) is 0 Å². The van der Waals surface area contributed by atoms with Crippen LogP contribution < -0.4 is 5.32 Å². The highest BCUT2D eigenvalue weighted by Crippen LogP contribution is 2.39. The Morgan fingerprint density at radius 3 is 3.00 bits per heavy atom. The van der Waals surface area contributed by atoms with Gasteiger partial charge in [0.15, 0.2) is 0 Å². The number of fused-ring (bicyclic) bond motifs is 1. The first-order chi connectivity index (χ1) is 8.53. The molecule has 0 aliphatic carbocycles. The van der Waals surface area contributed by atoms with Gasteiger partial charge < -0.3 is 10.4 Å². The van der Waals surface area contributed by atoms with E-state index in [0.29, 0.717) is 13.0 Å². The molecule has 0 saturated carbocycles. The molecule has 1 heterocycles. The molecular formula is C14H19NO2S. The van der Waals surface area contributed by atoms with Gasteiger partial charge >= 0.3 is 0 Å². The van der Waals surface area contributed by atoms with Crippen molar-refractivity contribution in [1.82, 2.24) is 5.32 Å². The minimum absolute atomic E-state index is 0.0150. The molecule has 0 saturated heterocycles. The standard InChI is InChI=1S/C14H19NO2S/c1-3-14(2,17)9-15-13(16)11-8-18-12-7-5-4-6-10(11)12/h4-7,11,17H,3,8-9H2,1-2H3,(H,15,16). The van der Waals surface area contributed by atoms with Crippen molar-refractivity contribution in [1.29, 1.82) is 0 Å². The highest BCUT2D eigenvalue weighted by atomic mass is 32.2. The number of carbonyl (C=O) groups excluding carboxylic acids is 1. The lowest BCUT2D eigenvalue weighted by Crippen LogP contribution is -2.42. The van der Waals surface area contributed by atoms with Gasteiger partial charge in [-0.2, -0.15) is 0 Å². The number of aliphatic hydroxyl groups is 1. The molecule has 4 heteroatoms. The Balaban J connectivity index is 2.00. The Morgan fingerprint density at radius 1 is 1.56 bits per heavy atom. The van der Waals surface area contributed by atoms with Crippen LogP contribution in [0.3, 0.4) is 0 Å². The number of benzene rings is 1. The van der Waals surface area contributed by atoms with Crippen LogP contribution in [0.4, 0.5) is 0 Å². The molecule has 18 heavy (non-hydrogen) atoms. The van der Waals surface area contributed by atoms with Crippen LogP contribution in [0.1, 0.15) is 31.7 Å². The van der Waals surface area contributed by atoms with Gasteiger partial charge in [-0.3, -0.25) is 4.79 Å². The van der Waals surface area contributed by atoms with Crippen molar-refractivity contribution in [2.45, 2.75) is 36.7 Å². The first kappa shape index (κ1) is 13.4. The van der Waals surface area contributed by atoms with E-state index in [1.165, 1.54) is 4.90 Å². The summed E-state index contributed by atoms with van der Waals surface area (Å²) in [5, 5.41) is 12.7. The molecule has 1 aromatic rings. The van der Waals surface area contributed by atoms with Gasteiger partial charge in [0.05, 0.1) is 11.5 Å². The van der Waals surface area contributed by atoms with E-state index in [2.05, 4.69) is 11.4 Å². The Kier molecular flexibility index (Phi) is 3.97. The van der Waals surface area contributed by atoms with Crippen molar-refractivity contribution in [2.75, 3.05) is 12.3 Å². The molecule has 0 radical (unpaired) electrons. The van der Waals surface area contributed by atoms with Crippen molar-refractivity contribution >= 4 is 17.7 Å². The van der Waals surface area contributed by atoms with E-state index in [1.807, 2.05) is 25.1 Å². The van der Waals surface area contributed by atoms with Crippen LogP contribution in [-0.2, 0) is 4.79 Å². The number of nitrogens with one attached hydrogen (secondary N) is 1. The molecule has 0 bridgehead atoms. The quantitative estimate of drug-likeness (QED) is 0.877. The van der Waals surface area contributed by atoms with Crippen molar-refractivity contribution in [2.24, 2.45) is 0 Å². The van der Waals surface area contributed by atoms with E-state index in [0.717, 1.165) is 11.3 Å². The molecule has 2 rings (SSSR count). The predicted molar refractivity (Wildman–Crippen MR) is 73.8 cm³/mol. The monoisotopic (exact) mass is 265 g/mol. The second-order valence-corrected chi connectivity index (χ2v) is 6.03. The Morgan fingerprint density at radius 2 is 2.28 bits per heavy atom. The fourth-order valence-electron chi connectivity index (χ4n) is 1.91. The molecule has 98 valence electrons. The number of hydrogen-bond acceptors (Lipinski definition) is 3. The van der Waals surface area contributed by atoms with Crippen LogP contribution in [0.5, 0.6) is 0 Å². The number of amides is 1. The highest BCUT2D eigenvalue weighted by molar-refractivity contribution is 7.99. The molecule has 0 fully saturated rings. The van der Waals surface area contributed by atoms with Crippen LogP contribution in [0, 0.1) is 0 Å². The minimum Gasteiger partial charge on any atom is -0.388 e. The molecule has 2 atom stereocenters. The summed E-state index contributed by atoms with van der Waals surface area (Å²) in [6, 6.07) is 8.02. The van der Waals surface area contributed by atoms with Crippen LogP contribution in [-0.4, -0.2) is 28.9 Å². The fraction of sp³-hybridized carbons (Fsp3) is 0.500. The van der Waals surface area contributed by atoms with Gasteiger partial charge in [-0.25, -0.2) is 0 Å². The Bertz CT molecular complexity index is 445. The number of carbonyl (C=O) groups is 1. The van der Waals surface area contributed by atoms with E-state index >= 15 is 0 Å². The molecule has 0 spiro atoms. The normalized spacial score (nSPS) is 21.2. The molecule has 1 amide bonds. The van der Waals surface area contributed by atoms with Crippen molar-refractivity contribution in [3.8, 4) is 0 Å². The summed E-state index contributed by atoms with van der Waals surface area (Å²) in [5.74, 6) is 0.722. The lowest BCUT2D eigenvalue weighted by molar-refractivity contribution is -0.123. The second-order valence-electron chi connectivity index (χ2n) is 4.97. The van der Waals surface area contributed by atoms with Gasteiger partial charge in [-0.15, -0.1) is 11.8 Å². The summed E-state index contributed by atoms with van der Waals surface area (Å²) in [6.45, 7) is 3.96. The molecular weight excluding hydrogens is 246 g/mol. The van der Waals surface area contributed by atoms with E-state index in [9.17, 15) is 9.90 Å². The molecule has 0 aromatic heterocycles. The maximum Gasteiger partial charge on any atom is 0.228 e. The molecule has 1 aliphatic rings. The first-order valence-corrected chi connectivity index (χ1v) is 7.24. The third-order valence-electron chi connectivity index (χ3n) is 3.42. The summed E-state index contributed by atoms with van der Waals surface area (Å²) in [4.78, 5) is 13.3. The zero-order valence-electron chi connectivity index (χ0n) is 10.8. The fourth-order valence-corrected chi connectivity index (χ4v) is 3.13. The number of thioether (sulfide) groups is 1. The lowest BCUT2D eigenvalue weighted by atomic mass is 9.99. The Labute approximate surface area is 112 Å². The third kappa shape index (κ3) is 2.87. The largest absolute Gasteiger partial charge is 0.388 e. The zero-order valence-corrected chi connectivity index (χ0v) is 11.6. The highest BCUT2D eigenvalue weighted by Gasteiger charge is 2.30. The van der Waals surface area contributed by atoms with E-state index in [-0.39, 0.29) is 11.8 Å². The predicted octanol–water partition coefficient (Wildman–Crippen LogP) is 2.15. The van der Waals surface area contributed by atoms with Crippen molar-refractivity contribution in [3.05, 3.63) is 29.8 Å². The SMILES string of the molecule is CCC(C)(O)CNC(=O)C1CSc2ccccc21. The average molecular weight is 265 g/mol. The lowest BCUT2D eigenvalue weighted by Gasteiger charge is -2.22. The maximum absolute atomic E-state index is 12.1. The van der Waals surface area contributed by atoms with Gasteiger partial charge in [0.2, 0.25) is 5.91 Å². The third-order valence-corrected chi connectivity index (χ3v) is 4.60. The number of rotatable bonds is 4. The van der Waals surface area contributed by atoms with E-state index in [1.54, 1.807) is 18.7 Å². The second kappa shape index (κ2) is 5.33. The van der Waals surface area contributed by atoms with Crippen molar-refractivity contribution < 1.29 is 9.90 Å². The maximum atomic E-state index is 12.1. The van der Waals surface area contributed by atoms with Crippen LogP contribution in [0.15, 0.2) is 29.2 Å². The summed E-state index contributed by atoms with van der Waals surface area (Å²) in [6.07, 6.45) is 0.628. The average Bonchev–Trinajstić information content (AvgIpc) is 2.80. The number of hydrogen-bond donors (Lipinski definition) is 2. The summed E-state index contributed by atoms with van der Waals surface area (Å²) >= 11 is 1.72. The molecule has 2 N–H and O–H groups in total. The van der Waals surface area contributed by atoms with Gasteiger partial charge in [0.1, 0.15) is 0 Å². The van der Waals surface area contributed by atoms with Crippen LogP contribution in [0.2, 0.25) is 0 Å². The zero-order chi connectivity index (χ0) is 13.2. The topological polar surface area (TPSA) is 49.3 Å². The Hall–Kier alpha value is -1.00. The summed E-state index contributed by atoms with van der Waals surface area (Å²) < 4.78 is 0. The van der Waals surface area contributed by atoms with E-state index < -0.39 is 5.60 Å². The molecule has 1 aromatic carbocycles. The summed E-state index contributed by atoms with van der Waals surface area (Å²) in [7, 11) is 0. The van der Waals surface area contributed by atoms with Gasteiger partial charge in [-0.05, 0) is 25.0 Å².